The number of hydrogen-bond acceptors (Lipinski definition) is 3. The fourth-order valence-corrected chi connectivity index (χ4v) is 4.16. The fourth-order valence-electron chi connectivity index (χ4n) is 2.65. The number of aliphatic hydroxyl groups excluding tert-OH is 1. The molecule has 0 heterocycles. The highest BCUT2D eigenvalue weighted by molar-refractivity contribution is 6.74. The van der Waals surface area contributed by atoms with Gasteiger partial charge in [0.15, 0.2) is 8.32 Å². The number of ketones is 1. The number of Topliss-reactive ketones (excluding diaryl/α,β-unsaturated/α-hetero) is 1. The van der Waals surface area contributed by atoms with Crippen LogP contribution in [0.2, 0.25) is 18.1 Å². The molecule has 0 aromatic rings. The zero-order valence-corrected chi connectivity index (χ0v) is 18.2. The van der Waals surface area contributed by atoms with Crippen molar-refractivity contribution in [3.8, 4) is 0 Å². The molecular weight excluding hydrogens is 304 g/mol. The molecule has 0 fully saturated rings. The predicted molar refractivity (Wildman–Crippen MR) is 101 cm³/mol. The third-order valence-electron chi connectivity index (χ3n) is 5.48. The first-order valence-corrected chi connectivity index (χ1v) is 11.9. The summed E-state index contributed by atoms with van der Waals surface area (Å²) in [7, 11) is -1.94. The summed E-state index contributed by atoms with van der Waals surface area (Å²) in [5, 5.41) is 10.4. The van der Waals surface area contributed by atoms with E-state index in [9.17, 15) is 9.90 Å². The van der Waals surface area contributed by atoms with Gasteiger partial charge in [-0.2, -0.15) is 0 Å². The minimum Gasteiger partial charge on any atom is -0.413 e. The van der Waals surface area contributed by atoms with Gasteiger partial charge in [0.2, 0.25) is 0 Å². The van der Waals surface area contributed by atoms with Crippen molar-refractivity contribution in [2.45, 2.75) is 92.7 Å². The number of carbonyl (C=O) groups excluding carboxylic acids is 1. The van der Waals surface area contributed by atoms with Crippen LogP contribution in [0.15, 0.2) is 0 Å². The van der Waals surface area contributed by atoms with Crippen LogP contribution >= 0.6 is 0 Å². The molecule has 0 bridgehead atoms. The summed E-state index contributed by atoms with van der Waals surface area (Å²) >= 11 is 0. The molecular formula is C19H40O3Si. The highest BCUT2D eigenvalue weighted by Gasteiger charge is 2.42. The van der Waals surface area contributed by atoms with Gasteiger partial charge in [-0.3, -0.25) is 4.79 Å². The molecule has 0 aromatic carbocycles. The van der Waals surface area contributed by atoms with E-state index in [1.54, 1.807) is 0 Å². The second kappa shape index (κ2) is 8.26. The highest BCUT2D eigenvalue weighted by atomic mass is 28.4. The van der Waals surface area contributed by atoms with E-state index in [-0.39, 0.29) is 40.6 Å². The molecule has 0 aliphatic heterocycles. The van der Waals surface area contributed by atoms with Crippen molar-refractivity contribution in [1.29, 1.82) is 0 Å². The first kappa shape index (κ1) is 22.8. The zero-order valence-electron chi connectivity index (χ0n) is 17.2. The summed E-state index contributed by atoms with van der Waals surface area (Å²) in [5.41, 5.74) is 0. The van der Waals surface area contributed by atoms with Crippen LogP contribution in [0.1, 0.15) is 62.3 Å². The number of carbonyl (C=O) groups is 1. The molecule has 0 saturated heterocycles. The Morgan fingerprint density at radius 1 is 0.913 bits per heavy atom. The Morgan fingerprint density at radius 3 is 1.65 bits per heavy atom. The van der Waals surface area contributed by atoms with Crippen LogP contribution in [0.3, 0.4) is 0 Å². The minimum absolute atomic E-state index is 0.0833. The van der Waals surface area contributed by atoms with E-state index in [1.165, 1.54) is 0 Å². The number of hydrogen-bond donors (Lipinski definition) is 1. The average molecular weight is 345 g/mol. The van der Waals surface area contributed by atoms with Crippen molar-refractivity contribution >= 4 is 14.1 Å². The second-order valence-corrected chi connectivity index (χ2v) is 14.1. The summed E-state index contributed by atoms with van der Waals surface area (Å²) in [5.74, 6) is -0.0863. The molecule has 0 unspecified atom stereocenters. The van der Waals surface area contributed by atoms with Gasteiger partial charge in [0.1, 0.15) is 5.78 Å². The lowest BCUT2D eigenvalue weighted by Crippen LogP contribution is -2.49. The largest absolute Gasteiger partial charge is 0.413 e. The van der Waals surface area contributed by atoms with Gasteiger partial charge in [0.05, 0.1) is 12.2 Å². The van der Waals surface area contributed by atoms with Crippen LogP contribution in [0, 0.1) is 23.7 Å². The SMILES string of the molecule is CC(C)[C@@H](O)[C@@H](C)C(=O)[C@@H](C)[C@@H](O[Si](C)(C)C(C)(C)C)C(C)C. The summed E-state index contributed by atoms with van der Waals surface area (Å²) in [4.78, 5) is 12.8. The summed E-state index contributed by atoms with van der Waals surface area (Å²) < 4.78 is 6.57. The van der Waals surface area contributed by atoms with Gasteiger partial charge >= 0.3 is 0 Å². The van der Waals surface area contributed by atoms with E-state index in [0.29, 0.717) is 0 Å². The molecule has 3 nitrogen and oxygen atoms in total. The molecule has 0 amide bonds. The number of rotatable bonds is 8. The van der Waals surface area contributed by atoms with Gasteiger partial charge < -0.3 is 9.53 Å². The molecule has 1 N–H and O–H groups in total. The van der Waals surface area contributed by atoms with Crippen molar-refractivity contribution in [3.63, 3.8) is 0 Å². The van der Waals surface area contributed by atoms with E-state index >= 15 is 0 Å². The molecule has 4 heteroatoms. The van der Waals surface area contributed by atoms with Crippen molar-refractivity contribution in [2.75, 3.05) is 0 Å². The van der Waals surface area contributed by atoms with Crippen molar-refractivity contribution in [1.82, 2.24) is 0 Å². The van der Waals surface area contributed by atoms with E-state index in [4.69, 9.17) is 4.43 Å². The summed E-state index contributed by atoms with van der Waals surface area (Å²) in [6.45, 7) is 23.0. The molecule has 0 aliphatic rings. The average Bonchev–Trinajstić information content (AvgIpc) is 2.39. The van der Waals surface area contributed by atoms with Gasteiger partial charge in [-0.1, -0.05) is 62.3 Å². The fraction of sp³-hybridized carbons (Fsp3) is 0.947. The summed E-state index contributed by atoms with van der Waals surface area (Å²) in [6.07, 6.45) is -0.684. The molecule has 0 aliphatic carbocycles. The lowest BCUT2D eigenvalue weighted by atomic mass is 9.82. The van der Waals surface area contributed by atoms with E-state index in [1.807, 2.05) is 27.7 Å². The van der Waals surface area contributed by atoms with Crippen LogP contribution in [0.4, 0.5) is 0 Å². The third kappa shape index (κ3) is 5.99. The van der Waals surface area contributed by atoms with Crippen molar-refractivity contribution in [2.24, 2.45) is 23.7 Å². The Bertz CT molecular complexity index is 383. The smallest absolute Gasteiger partial charge is 0.192 e. The first-order chi connectivity index (χ1) is 10.1. The minimum atomic E-state index is -1.94. The van der Waals surface area contributed by atoms with Crippen LogP contribution in [0.5, 0.6) is 0 Å². The second-order valence-electron chi connectivity index (χ2n) is 9.30. The molecule has 0 radical (unpaired) electrons. The normalized spacial score (nSPS) is 18.9. The number of aliphatic hydroxyl groups is 1. The lowest BCUT2D eigenvalue weighted by molar-refractivity contribution is -0.134. The van der Waals surface area contributed by atoms with Crippen LogP contribution in [-0.2, 0) is 9.22 Å². The Morgan fingerprint density at radius 2 is 1.35 bits per heavy atom. The molecule has 23 heavy (non-hydrogen) atoms. The van der Waals surface area contributed by atoms with Gasteiger partial charge in [-0.05, 0) is 30.0 Å². The topological polar surface area (TPSA) is 46.5 Å². The molecule has 0 spiro atoms. The Hall–Kier alpha value is -0.193. The monoisotopic (exact) mass is 344 g/mol. The van der Waals surface area contributed by atoms with Crippen molar-refractivity contribution in [3.05, 3.63) is 0 Å². The highest BCUT2D eigenvalue weighted by Crippen LogP contribution is 2.39. The Balaban J connectivity index is 5.29. The van der Waals surface area contributed by atoms with E-state index in [0.717, 1.165) is 0 Å². The van der Waals surface area contributed by atoms with Crippen LogP contribution in [0.25, 0.3) is 0 Å². The van der Waals surface area contributed by atoms with Gasteiger partial charge in [-0.25, -0.2) is 0 Å². The quantitative estimate of drug-likeness (QED) is 0.638. The van der Waals surface area contributed by atoms with E-state index < -0.39 is 14.4 Å². The predicted octanol–water partition coefficient (Wildman–Crippen LogP) is 4.89. The Kier molecular flexibility index (Phi) is 8.19. The maximum absolute atomic E-state index is 12.8. The van der Waals surface area contributed by atoms with Gasteiger partial charge in [0, 0.05) is 11.8 Å². The molecule has 0 rings (SSSR count). The van der Waals surface area contributed by atoms with Crippen LogP contribution < -0.4 is 0 Å². The van der Waals surface area contributed by atoms with E-state index in [2.05, 4.69) is 47.7 Å². The summed E-state index contributed by atoms with van der Waals surface area (Å²) in [6, 6.07) is 0. The van der Waals surface area contributed by atoms with Crippen LogP contribution in [-0.4, -0.2) is 31.4 Å². The van der Waals surface area contributed by atoms with Gasteiger partial charge in [-0.15, -0.1) is 0 Å². The standard InChI is InChI=1S/C19H40O3Si/c1-12(2)16(20)14(5)17(21)15(6)18(13(3)4)22-23(10,11)19(7,8)9/h12-16,18,20H,1-11H3/t14-,15-,16-,18+/m1/s1. The first-order valence-electron chi connectivity index (χ1n) is 9.03. The lowest BCUT2D eigenvalue weighted by Gasteiger charge is -2.42. The maximum Gasteiger partial charge on any atom is 0.192 e. The zero-order chi connectivity index (χ0) is 18.7. The Labute approximate surface area is 145 Å². The third-order valence-corrected chi connectivity index (χ3v) is 9.95. The van der Waals surface area contributed by atoms with Crippen molar-refractivity contribution < 1.29 is 14.3 Å². The molecule has 4 atom stereocenters. The molecule has 0 saturated carbocycles. The molecule has 0 aromatic heterocycles. The molecule has 138 valence electrons. The maximum atomic E-state index is 12.8. The van der Waals surface area contributed by atoms with Gasteiger partial charge in [0.25, 0.3) is 0 Å².